The second-order valence-electron chi connectivity index (χ2n) is 5.97. The maximum Gasteiger partial charge on any atom is 0.255 e. The van der Waals surface area contributed by atoms with Gasteiger partial charge in [-0.2, -0.15) is 0 Å². The zero-order valence-electron chi connectivity index (χ0n) is 14.9. The third-order valence-electron chi connectivity index (χ3n) is 4.01. The lowest BCUT2D eigenvalue weighted by atomic mass is 10.1. The standard InChI is InChI=1S/C22H18N2O4/c23-21(26)18-8-4-5-9-20(18)28-14-19(25)15-10-12-17(13-11-15)24-22(27)16-6-2-1-3-7-16/h1-13H,14H2,(H2,23,26)(H,24,27). The van der Waals surface area contributed by atoms with Crippen LogP contribution in [0.4, 0.5) is 5.69 Å². The molecule has 140 valence electrons. The fraction of sp³-hybridized carbons (Fsp3) is 0.0455. The summed E-state index contributed by atoms with van der Waals surface area (Å²) in [5.41, 5.74) is 7.05. The summed E-state index contributed by atoms with van der Waals surface area (Å²) in [6, 6.07) is 21.8. The first kappa shape index (κ1) is 18.8. The van der Waals surface area contributed by atoms with Crippen molar-refractivity contribution in [3.05, 3.63) is 95.6 Å². The Morgan fingerprint density at radius 1 is 0.786 bits per heavy atom. The monoisotopic (exact) mass is 374 g/mol. The summed E-state index contributed by atoms with van der Waals surface area (Å²) in [6.45, 7) is -0.236. The summed E-state index contributed by atoms with van der Waals surface area (Å²) in [5.74, 6) is -0.858. The molecule has 0 heterocycles. The first-order valence-corrected chi connectivity index (χ1v) is 8.56. The predicted octanol–water partition coefficient (Wildman–Crippen LogP) is 3.30. The van der Waals surface area contributed by atoms with E-state index in [0.29, 0.717) is 16.8 Å². The van der Waals surface area contributed by atoms with Crippen molar-refractivity contribution in [2.24, 2.45) is 5.73 Å². The summed E-state index contributed by atoms with van der Waals surface area (Å²) in [5, 5.41) is 2.77. The molecule has 0 aliphatic rings. The van der Waals surface area contributed by atoms with E-state index < -0.39 is 5.91 Å². The van der Waals surface area contributed by atoms with Crippen LogP contribution in [-0.2, 0) is 0 Å². The van der Waals surface area contributed by atoms with Gasteiger partial charge in [0.2, 0.25) is 0 Å². The highest BCUT2D eigenvalue weighted by molar-refractivity contribution is 6.04. The molecule has 6 heteroatoms. The number of rotatable bonds is 7. The molecule has 0 saturated heterocycles. The Labute approximate surface area is 161 Å². The molecule has 0 radical (unpaired) electrons. The summed E-state index contributed by atoms with van der Waals surface area (Å²) < 4.78 is 5.45. The van der Waals surface area contributed by atoms with Crippen LogP contribution in [0.25, 0.3) is 0 Å². The molecule has 0 aliphatic heterocycles. The van der Waals surface area contributed by atoms with Gasteiger partial charge in [0.05, 0.1) is 5.56 Å². The minimum absolute atomic E-state index is 0.217. The van der Waals surface area contributed by atoms with Crippen LogP contribution in [-0.4, -0.2) is 24.2 Å². The Morgan fingerprint density at radius 3 is 2.11 bits per heavy atom. The van der Waals surface area contributed by atoms with E-state index >= 15 is 0 Å². The number of ether oxygens (including phenoxy) is 1. The number of hydrogen-bond acceptors (Lipinski definition) is 4. The van der Waals surface area contributed by atoms with E-state index in [1.807, 2.05) is 6.07 Å². The van der Waals surface area contributed by atoms with Crippen LogP contribution in [0.15, 0.2) is 78.9 Å². The molecule has 0 bridgehead atoms. The van der Waals surface area contributed by atoms with Crippen LogP contribution in [0, 0.1) is 0 Å². The number of Topliss-reactive ketones (excluding diaryl/α,β-unsaturated/α-hetero) is 1. The second-order valence-corrected chi connectivity index (χ2v) is 5.97. The Bertz CT molecular complexity index is 999. The van der Waals surface area contributed by atoms with E-state index in [4.69, 9.17) is 10.5 Å². The van der Waals surface area contributed by atoms with E-state index in [0.717, 1.165) is 0 Å². The number of nitrogens with two attached hydrogens (primary N) is 1. The maximum atomic E-state index is 12.3. The maximum absolute atomic E-state index is 12.3. The van der Waals surface area contributed by atoms with Gasteiger partial charge in [0.25, 0.3) is 11.8 Å². The normalized spacial score (nSPS) is 10.1. The Morgan fingerprint density at radius 2 is 1.43 bits per heavy atom. The zero-order valence-corrected chi connectivity index (χ0v) is 14.9. The summed E-state index contributed by atoms with van der Waals surface area (Å²) in [6.07, 6.45) is 0. The average Bonchev–Trinajstić information content (AvgIpc) is 2.73. The number of anilines is 1. The summed E-state index contributed by atoms with van der Waals surface area (Å²) >= 11 is 0. The molecule has 3 aromatic rings. The number of hydrogen-bond donors (Lipinski definition) is 2. The van der Waals surface area contributed by atoms with Crippen LogP contribution in [0.5, 0.6) is 5.75 Å². The first-order valence-electron chi connectivity index (χ1n) is 8.56. The summed E-state index contributed by atoms with van der Waals surface area (Å²) in [7, 11) is 0. The van der Waals surface area contributed by atoms with Crippen molar-refractivity contribution in [1.29, 1.82) is 0 Å². The zero-order chi connectivity index (χ0) is 19.9. The number of primary amides is 1. The molecule has 0 aromatic heterocycles. The van der Waals surface area contributed by atoms with Gasteiger partial charge >= 0.3 is 0 Å². The van der Waals surface area contributed by atoms with E-state index in [9.17, 15) is 14.4 Å². The largest absolute Gasteiger partial charge is 0.485 e. The van der Waals surface area contributed by atoms with Crippen molar-refractivity contribution in [2.45, 2.75) is 0 Å². The van der Waals surface area contributed by atoms with Crippen LogP contribution >= 0.6 is 0 Å². The number of carbonyl (C=O) groups excluding carboxylic acids is 3. The van der Waals surface area contributed by atoms with Gasteiger partial charge < -0.3 is 15.8 Å². The molecule has 2 amide bonds. The molecule has 0 atom stereocenters. The molecule has 0 unspecified atom stereocenters. The molecule has 6 nitrogen and oxygen atoms in total. The van der Waals surface area contributed by atoms with Gasteiger partial charge in [-0.3, -0.25) is 14.4 Å². The van der Waals surface area contributed by atoms with Gasteiger partial charge in [-0.25, -0.2) is 0 Å². The molecule has 28 heavy (non-hydrogen) atoms. The lowest BCUT2D eigenvalue weighted by Gasteiger charge is -2.09. The molecule has 3 aromatic carbocycles. The molecule has 0 saturated carbocycles. The molecule has 0 spiro atoms. The fourth-order valence-corrected chi connectivity index (χ4v) is 2.55. The minimum atomic E-state index is -0.624. The fourth-order valence-electron chi connectivity index (χ4n) is 2.55. The highest BCUT2D eigenvalue weighted by atomic mass is 16.5. The Balaban J connectivity index is 1.61. The number of benzene rings is 3. The quantitative estimate of drug-likeness (QED) is 0.620. The molecule has 3 N–H and O–H groups in total. The summed E-state index contributed by atoms with van der Waals surface area (Å²) in [4.78, 5) is 35.9. The molecule has 0 fully saturated rings. The predicted molar refractivity (Wildman–Crippen MR) is 106 cm³/mol. The van der Waals surface area contributed by atoms with Crippen molar-refractivity contribution in [3.8, 4) is 5.75 Å². The Hall–Kier alpha value is -3.93. The van der Waals surface area contributed by atoms with E-state index in [1.54, 1.807) is 66.7 Å². The van der Waals surface area contributed by atoms with Crippen LogP contribution < -0.4 is 15.8 Å². The van der Waals surface area contributed by atoms with Crippen LogP contribution in [0.2, 0.25) is 0 Å². The molecule has 0 aliphatic carbocycles. The highest BCUT2D eigenvalue weighted by Crippen LogP contribution is 2.18. The van der Waals surface area contributed by atoms with Crippen molar-refractivity contribution >= 4 is 23.3 Å². The topological polar surface area (TPSA) is 98.5 Å². The number of carbonyl (C=O) groups is 3. The van der Waals surface area contributed by atoms with Crippen LogP contribution in [0.3, 0.4) is 0 Å². The minimum Gasteiger partial charge on any atom is -0.485 e. The highest BCUT2D eigenvalue weighted by Gasteiger charge is 2.12. The lowest BCUT2D eigenvalue weighted by molar-refractivity contribution is 0.0912. The lowest BCUT2D eigenvalue weighted by Crippen LogP contribution is -2.16. The van der Waals surface area contributed by atoms with Crippen molar-refractivity contribution < 1.29 is 19.1 Å². The molecule has 3 rings (SSSR count). The number of amides is 2. The van der Waals surface area contributed by atoms with E-state index in [-0.39, 0.29) is 29.6 Å². The third-order valence-corrected chi connectivity index (χ3v) is 4.01. The van der Waals surface area contributed by atoms with Crippen molar-refractivity contribution in [1.82, 2.24) is 0 Å². The van der Waals surface area contributed by atoms with Gasteiger partial charge in [0, 0.05) is 16.8 Å². The Kier molecular flexibility index (Phi) is 5.81. The first-order chi connectivity index (χ1) is 13.5. The number of para-hydroxylation sites is 1. The SMILES string of the molecule is NC(=O)c1ccccc1OCC(=O)c1ccc(NC(=O)c2ccccc2)cc1. The van der Waals surface area contributed by atoms with Gasteiger partial charge in [-0.15, -0.1) is 0 Å². The molecular weight excluding hydrogens is 356 g/mol. The number of nitrogens with one attached hydrogen (secondary N) is 1. The van der Waals surface area contributed by atoms with Gasteiger partial charge in [-0.05, 0) is 48.5 Å². The van der Waals surface area contributed by atoms with Crippen molar-refractivity contribution in [2.75, 3.05) is 11.9 Å². The second kappa shape index (κ2) is 8.64. The average molecular weight is 374 g/mol. The third kappa shape index (κ3) is 4.62. The van der Waals surface area contributed by atoms with Gasteiger partial charge in [0.1, 0.15) is 5.75 Å². The van der Waals surface area contributed by atoms with E-state index in [2.05, 4.69) is 5.32 Å². The van der Waals surface area contributed by atoms with Crippen LogP contribution in [0.1, 0.15) is 31.1 Å². The molecular formula is C22H18N2O4. The van der Waals surface area contributed by atoms with Gasteiger partial charge in [-0.1, -0.05) is 30.3 Å². The van der Waals surface area contributed by atoms with Gasteiger partial charge in [0.15, 0.2) is 12.4 Å². The van der Waals surface area contributed by atoms with Crippen molar-refractivity contribution in [3.63, 3.8) is 0 Å². The smallest absolute Gasteiger partial charge is 0.255 e. The van der Waals surface area contributed by atoms with E-state index in [1.165, 1.54) is 6.07 Å². The number of ketones is 1.